The quantitative estimate of drug-likeness (QED) is 0.837. The van der Waals surface area contributed by atoms with Gasteiger partial charge < -0.3 is 11.1 Å². The Morgan fingerprint density at radius 2 is 2.19 bits per heavy atom. The zero-order valence-electron chi connectivity index (χ0n) is 11.6. The minimum absolute atomic E-state index is 0.209. The lowest BCUT2D eigenvalue weighted by Gasteiger charge is -2.06. The van der Waals surface area contributed by atoms with E-state index in [2.05, 4.69) is 10.4 Å². The molecule has 0 saturated carbocycles. The summed E-state index contributed by atoms with van der Waals surface area (Å²) in [5.74, 6) is 0.657. The second-order valence-corrected chi connectivity index (χ2v) is 5.59. The Bertz CT molecular complexity index is 680. The molecule has 0 saturated heterocycles. The number of thiocarbonyl (C=S) groups is 1. The summed E-state index contributed by atoms with van der Waals surface area (Å²) in [5.41, 5.74) is 8.32. The lowest BCUT2D eigenvalue weighted by molar-refractivity contribution is 0.612. The van der Waals surface area contributed by atoms with Crippen molar-refractivity contribution in [3.63, 3.8) is 0 Å². The van der Waals surface area contributed by atoms with Crippen LogP contribution in [0.2, 0.25) is 0 Å². The van der Waals surface area contributed by atoms with E-state index in [1.807, 2.05) is 6.07 Å². The number of fused-ring (bicyclic) bond motifs is 1. The molecule has 1 aliphatic rings. The fraction of sp³-hybridized carbons (Fsp3) is 0.333. The predicted molar refractivity (Wildman–Crippen MR) is 85.0 cm³/mol. The highest BCUT2D eigenvalue weighted by Crippen LogP contribution is 2.27. The number of nitrogens with zero attached hydrogens (tertiary/aromatic N) is 2. The van der Waals surface area contributed by atoms with Crippen molar-refractivity contribution in [1.29, 1.82) is 0 Å². The standard InChI is InChI=1S/C15H17FN4S/c16-12-7-2-1-5-10(12)9-13-11-6-3-4-8-18-14(11)20(19-13)15(17)21/h1-2,5,7,18H,3-4,6,8-9H2,(H2,17,21). The van der Waals surface area contributed by atoms with Crippen molar-refractivity contribution < 1.29 is 4.39 Å². The third-order valence-corrected chi connectivity index (χ3v) is 3.91. The normalized spacial score (nSPS) is 14.1. The van der Waals surface area contributed by atoms with Crippen LogP contribution >= 0.6 is 12.2 Å². The molecule has 2 aromatic rings. The lowest BCUT2D eigenvalue weighted by Crippen LogP contribution is -2.23. The summed E-state index contributed by atoms with van der Waals surface area (Å²) in [5, 5.41) is 8.03. The molecule has 2 heterocycles. The summed E-state index contributed by atoms with van der Waals surface area (Å²) in [6.07, 6.45) is 3.53. The lowest BCUT2D eigenvalue weighted by atomic mass is 10.0. The van der Waals surface area contributed by atoms with Gasteiger partial charge in [0, 0.05) is 18.5 Å². The molecule has 1 aromatic carbocycles. The van der Waals surface area contributed by atoms with Gasteiger partial charge in [-0.15, -0.1) is 0 Å². The van der Waals surface area contributed by atoms with E-state index in [4.69, 9.17) is 18.0 Å². The molecule has 0 amide bonds. The summed E-state index contributed by atoms with van der Waals surface area (Å²) < 4.78 is 15.4. The van der Waals surface area contributed by atoms with E-state index in [-0.39, 0.29) is 10.9 Å². The Balaban J connectivity index is 2.02. The second-order valence-electron chi connectivity index (χ2n) is 5.18. The summed E-state index contributed by atoms with van der Waals surface area (Å²) in [7, 11) is 0. The van der Waals surface area contributed by atoms with E-state index in [0.29, 0.717) is 12.0 Å². The Kier molecular flexibility index (Phi) is 3.88. The Labute approximate surface area is 128 Å². The van der Waals surface area contributed by atoms with Crippen molar-refractivity contribution >= 4 is 23.1 Å². The van der Waals surface area contributed by atoms with Crippen LogP contribution in [0.3, 0.4) is 0 Å². The van der Waals surface area contributed by atoms with Gasteiger partial charge in [0.2, 0.25) is 0 Å². The molecule has 110 valence electrons. The number of anilines is 1. The Morgan fingerprint density at radius 1 is 1.38 bits per heavy atom. The number of halogens is 1. The minimum atomic E-state index is -0.210. The van der Waals surface area contributed by atoms with Gasteiger partial charge in [-0.1, -0.05) is 18.2 Å². The van der Waals surface area contributed by atoms with E-state index in [0.717, 1.165) is 42.9 Å². The number of aromatic nitrogens is 2. The maximum Gasteiger partial charge on any atom is 0.193 e. The Morgan fingerprint density at radius 3 is 2.95 bits per heavy atom. The van der Waals surface area contributed by atoms with Crippen molar-refractivity contribution in [2.75, 3.05) is 11.9 Å². The maximum absolute atomic E-state index is 13.9. The number of hydrogen-bond donors (Lipinski definition) is 2. The molecule has 6 heteroatoms. The van der Waals surface area contributed by atoms with Crippen molar-refractivity contribution in [3.05, 3.63) is 46.9 Å². The highest BCUT2D eigenvalue weighted by atomic mass is 32.1. The van der Waals surface area contributed by atoms with Crippen LogP contribution in [0.15, 0.2) is 24.3 Å². The van der Waals surface area contributed by atoms with Gasteiger partial charge in [0.05, 0.1) is 5.69 Å². The van der Waals surface area contributed by atoms with E-state index >= 15 is 0 Å². The third kappa shape index (κ3) is 2.76. The van der Waals surface area contributed by atoms with E-state index < -0.39 is 0 Å². The average molecular weight is 304 g/mol. The van der Waals surface area contributed by atoms with Gasteiger partial charge in [-0.2, -0.15) is 9.78 Å². The summed E-state index contributed by atoms with van der Waals surface area (Å²) in [4.78, 5) is 0. The maximum atomic E-state index is 13.9. The zero-order valence-corrected chi connectivity index (χ0v) is 12.4. The first-order chi connectivity index (χ1) is 10.2. The predicted octanol–water partition coefficient (Wildman–Crippen LogP) is 2.45. The highest BCUT2D eigenvalue weighted by molar-refractivity contribution is 7.80. The summed E-state index contributed by atoms with van der Waals surface area (Å²) >= 11 is 5.06. The van der Waals surface area contributed by atoms with Gasteiger partial charge in [-0.3, -0.25) is 0 Å². The number of rotatable bonds is 2. The molecule has 0 unspecified atom stereocenters. The molecule has 0 radical (unpaired) electrons. The zero-order chi connectivity index (χ0) is 14.8. The van der Waals surface area contributed by atoms with Gasteiger partial charge in [0.15, 0.2) is 5.11 Å². The third-order valence-electron chi connectivity index (χ3n) is 3.74. The monoisotopic (exact) mass is 304 g/mol. The fourth-order valence-electron chi connectivity index (χ4n) is 2.70. The number of nitrogens with two attached hydrogens (primary N) is 1. The van der Waals surface area contributed by atoms with Crippen LogP contribution in [0.5, 0.6) is 0 Å². The largest absolute Gasteiger partial charge is 0.374 e. The molecular formula is C15H17FN4S. The number of nitrogens with one attached hydrogen (secondary N) is 1. The van der Waals surface area contributed by atoms with Gasteiger partial charge >= 0.3 is 0 Å². The van der Waals surface area contributed by atoms with Gasteiger partial charge in [0.25, 0.3) is 0 Å². The van der Waals surface area contributed by atoms with Gasteiger partial charge in [0.1, 0.15) is 11.6 Å². The van der Waals surface area contributed by atoms with Gasteiger partial charge in [-0.05, 0) is 43.1 Å². The van der Waals surface area contributed by atoms with Crippen LogP contribution in [0.25, 0.3) is 0 Å². The van der Waals surface area contributed by atoms with E-state index in [1.54, 1.807) is 16.8 Å². The van der Waals surface area contributed by atoms with Crippen LogP contribution in [0.4, 0.5) is 10.2 Å². The molecule has 21 heavy (non-hydrogen) atoms. The first-order valence-corrected chi connectivity index (χ1v) is 7.45. The smallest absolute Gasteiger partial charge is 0.193 e. The Hall–Kier alpha value is -1.95. The topological polar surface area (TPSA) is 55.9 Å². The molecule has 4 nitrogen and oxygen atoms in total. The van der Waals surface area contributed by atoms with Crippen LogP contribution in [-0.4, -0.2) is 21.4 Å². The molecule has 3 rings (SSSR count). The van der Waals surface area contributed by atoms with Crippen molar-refractivity contribution in [1.82, 2.24) is 9.78 Å². The van der Waals surface area contributed by atoms with Crippen LogP contribution < -0.4 is 11.1 Å². The fourth-order valence-corrected chi connectivity index (χ4v) is 2.83. The first kappa shape index (κ1) is 14.0. The van der Waals surface area contributed by atoms with Crippen LogP contribution in [0.1, 0.15) is 29.7 Å². The molecule has 0 aliphatic carbocycles. The number of hydrogen-bond acceptors (Lipinski definition) is 3. The van der Waals surface area contributed by atoms with Crippen LogP contribution in [0, 0.1) is 5.82 Å². The van der Waals surface area contributed by atoms with Crippen molar-refractivity contribution in [2.24, 2.45) is 5.73 Å². The van der Waals surface area contributed by atoms with E-state index in [1.165, 1.54) is 6.07 Å². The SMILES string of the molecule is NC(=S)n1nc(Cc2ccccc2F)c2c1NCCCC2. The molecule has 0 bridgehead atoms. The molecule has 0 atom stereocenters. The second kappa shape index (κ2) is 5.81. The molecule has 3 N–H and O–H groups in total. The molecule has 1 aromatic heterocycles. The minimum Gasteiger partial charge on any atom is -0.374 e. The van der Waals surface area contributed by atoms with Crippen molar-refractivity contribution in [3.8, 4) is 0 Å². The molecule has 1 aliphatic heterocycles. The highest BCUT2D eigenvalue weighted by Gasteiger charge is 2.21. The van der Waals surface area contributed by atoms with Gasteiger partial charge in [-0.25, -0.2) is 4.39 Å². The molecule has 0 fully saturated rings. The van der Waals surface area contributed by atoms with Crippen molar-refractivity contribution in [2.45, 2.75) is 25.7 Å². The molecular weight excluding hydrogens is 287 g/mol. The summed E-state index contributed by atoms with van der Waals surface area (Å²) in [6, 6.07) is 6.77. The van der Waals surface area contributed by atoms with E-state index in [9.17, 15) is 4.39 Å². The average Bonchev–Trinajstić information content (AvgIpc) is 2.65. The molecule has 0 spiro atoms. The first-order valence-electron chi connectivity index (χ1n) is 7.04. The number of benzene rings is 1. The summed E-state index contributed by atoms with van der Waals surface area (Å²) in [6.45, 7) is 0.875. The van der Waals surface area contributed by atoms with Crippen LogP contribution in [-0.2, 0) is 12.8 Å².